The van der Waals surface area contributed by atoms with Gasteiger partial charge in [0.15, 0.2) is 0 Å². The normalized spacial score (nSPS) is 16.7. The van der Waals surface area contributed by atoms with Crippen molar-refractivity contribution in [3.63, 3.8) is 0 Å². The lowest BCUT2D eigenvalue weighted by Crippen LogP contribution is -2.15. The monoisotopic (exact) mass is 231 g/mol. The van der Waals surface area contributed by atoms with Crippen LogP contribution in [0.1, 0.15) is 50.6 Å². The fraction of sp³-hybridized carbons (Fsp3) is 0.467. The van der Waals surface area contributed by atoms with Crippen molar-refractivity contribution in [3.8, 4) is 0 Å². The molecule has 2 aromatic rings. The van der Waals surface area contributed by atoms with Crippen molar-refractivity contribution in [2.24, 2.45) is 0 Å². The van der Waals surface area contributed by atoms with Crippen molar-refractivity contribution >= 4 is 10.9 Å². The molecular weight excluding hydrogens is 213 g/mol. The smallest absolute Gasteiger partial charge is 0.136 e. The second kappa shape index (κ2) is 3.86. The van der Waals surface area contributed by atoms with Crippen LogP contribution in [0.2, 0.25) is 0 Å². The molecule has 1 aliphatic rings. The number of hydrogen-bond acceptors (Lipinski definition) is 0. The van der Waals surface area contributed by atoms with Gasteiger partial charge in [-0.25, -0.2) is 4.39 Å². The van der Waals surface area contributed by atoms with Gasteiger partial charge in [-0.1, -0.05) is 19.9 Å². The quantitative estimate of drug-likeness (QED) is 0.710. The van der Waals surface area contributed by atoms with Crippen LogP contribution in [0, 0.1) is 5.82 Å². The predicted octanol–water partition coefficient (Wildman–Crippen LogP) is 4.63. The SMILES string of the molecule is CC(C)c1ccc2c(ccn2C2CCC2)c1F. The molecule has 0 radical (unpaired) electrons. The summed E-state index contributed by atoms with van der Waals surface area (Å²) in [5.41, 5.74) is 1.88. The van der Waals surface area contributed by atoms with Gasteiger partial charge in [0, 0.05) is 17.6 Å². The first-order valence-electron chi connectivity index (χ1n) is 6.47. The van der Waals surface area contributed by atoms with E-state index in [2.05, 4.69) is 10.6 Å². The molecule has 0 bridgehead atoms. The van der Waals surface area contributed by atoms with Crippen LogP contribution >= 0.6 is 0 Å². The highest BCUT2D eigenvalue weighted by Crippen LogP contribution is 2.36. The number of nitrogens with zero attached hydrogens (tertiary/aromatic N) is 1. The standard InChI is InChI=1S/C15H18FN/c1-10(2)12-6-7-14-13(15(12)16)8-9-17(14)11-4-3-5-11/h6-11H,3-5H2,1-2H3. The van der Waals surface area contributed by atoms with Crippen LogP contribution in [0.3, 0.4) is 0 Å². The zero-order valence-electron chi connectivity index (χ0n) is 10.4. The number of benzene rings is 1. The lowest BCUT2D eigenvalue weighted by molar-refractivity contribution is 0.321. The second-order valence-corrected chi connectivity index (χ2v) is 5.36. The predicted molar refractivity (Wildman–Crippen MR) is 68.9 cm³/mol. The van der Waals surface area contributed by atoms with Gasteiger partial charge in [0.25, 0.3) is 0 Å². The van der Waals surface area contributed by atoms with Gasteiger partial charge in [-0.05, 0) is 42.9 Å². The van der Waals surface area contributed by atoms with E-state index in [1.54, 1.807) is 0 Å². The Balaban J connectivity index is 2.15. The third kappa shape index (κ3) is 1.58. The zero-order chi connectivity index (χ0) is 12.0. The highest BCUT2D eigenvalue weighted by atomic mass is 19.1. The Labute approximate surface area is 101 Å². The summed E-state index contributed by atoms with van der Waals surface area (Å²) in [5.74, 6) is 0.210. The van der Waals surface area contributed by atoms with Gasteiger partial charge in [0.2, 0.25) is 0 Å². The van der Waals surface area contributed by atoms with Gasteiger partial charge in [-0.2, -0.15) is 0 Å². The minimum absolute atomic E-state index is 0.0319. The van der Waals surface area contributed by atoms with Crippen LogP contribution in [0.15, 0.2) is 24.4 Å². The van der Waals surface area contributed by atoms with Crippen molar-refractivity contribution in [1.29, 1.82) is 0 Å². The molecule has 1 nitrogen and oxygen atoms in total. The number of halogens is 1. The first-order valence-corrected chi connectivity index (χ1v) is 6.47. The average molecular weight is 231 g/mol. The maximum Gasteiger partial charge on any atom is 0.136 e. The highest BCUT2D eigenvalue weighted by Gasteiger charge is 2.21. The molecule has 0 spiro atoms. The minimum Gasteiger partial charge on any atom is -0.344 e. The van der Waals surface area contributed by atoms with Gasteiger partial charge in [-0.15, -0.1) is 0 Å². The Hall–Kier alpha value is -1.31. The number of aromatic nitrogens is 1. The molecule has 0 unspecified atom stereocenters. The van der Waals surface area contributed by atoms with E-state index in [4.69, 9.17) is 0 Å². The number of rotatable bonds is 2. The molecule has 1 fully saturated rings. The highest BCUT2D eigenvalue weighted by molar-refractivity contribution is 5.82. The summed E-state index contributed by atoms with van der Waals surface area (Å²) in [5, 5.41) is 0.781. The first kappa shape index (κ1) is 10.8. The molecule has 0 atom stereocenters. The molecule has 1 heterocycles. The van der Waals surface area contributed by atoms with Crippen molar-refractivity contribution in [1.82, 2.24) is 4.57 Å². The van der Waals surface area contributed by atoms with Crippen molar-refractivity contribution in [2.45, 2.75) is 45.1 Å². The van der Waals surface area contributed by atoms with Crippen LogP contribution in [-0.2, 0) is 0 Å². The molecule has 90 valence electrons. The van der Waals surface area contributed by atoms with Gasteiger partial charge in [0.05, 0.1) is 5.52 Å². The largest absolute Gasteiger partial charge is 0.344 e. The third-order valence-corrected chi connectivity index (χ3v) is 3.96. The summed E-state index contributed by atoms with van der Waals surface area (Å²) in [6, 6.07) is 6.54. The average Bonchev–Trinajstić information content (AvgIpc) is 2.60. The van der Waals surface area contributed by atoms with Gasteiger partial charge in [0.1, 0.15) is 5.82 Å². The summed E-state index contributed by atoms with van der Waals surface area (Å²) < 4.78 is 16.5. The number of fused-ring (bicyclic) bond motifs is 1. The second-order valence-electron chi connectivity index (χ2n) is 5.36. The summed E-state index contributed by atoms with van der Waals surface area (Å²) in [7, 11) is 0. The molecule has 1 aliphatic carbocycles. The van der Waals surface area contributed by atoms with Crippen molar-refractivity contribution < 1.29 is 4.39 Å². The Bertz CT molecular complexity index is 549. The fourth-order valence-corrected chi connectivity index (χ4v) is 2.65. The first-order chi connectivity index (χ1) is 8.18. The Morgan fingerprint density at radius 1 is 1.24 bits per heavy atom. The summed E-state index contributed by atoms with van der Waals surface area (Å²) in [4.78, 5) is 0. The lowest BCUT2D eigenvalue weighted by Gasteiger charge is -2.28. The third-order valence-electron chi connectivity index (χ3n) is 3.96. The summed E-state index contributed by atoms with van der Waals surface area (Å²) in [6.07, 6.45) is 5.81. The van der Waals surface area contributed by atoms with Gasteiger partial charge in [-0.3, -0.25) is 0 Å². The number of hydrogen-bond donors (Lipinski definition) is 0. The van der Waals surface area contributed by atoms with E-state index >= 15 is 0 Å². The minimum atomic E-state index is -0.0319. The molecular formula is C15H18FN. The van der Waals surface area contributed by atoms with Crippen molar-refractivity contribution in [2.75, 3.05) is 0 Å². The topological polar surface area (TPSA) is 4.93 Å². The molecule has 0 saturated heterocycles. The maximum absolute atomic E-state index is 14.3. The van der Waals surface area contributed by atoms with Crippen molar-refractivity contribution in [3.05, 3.63) is 35.8 Å². The Morgan fingerprint density at radius 3 is 2.59 bits per heavy atom. The summed E-state index contributed by atoms with van der Waals surface area (Å²) >= 11 is 0. The fourth-order valence-electron chi connectivity index (χ4n) is 2.65. The van der Waals surface area contributed by atoms with E-state index in [1.807, 2.05) is 32.2 Å². The summed E-state index contributed by atoms with van der Waals surface area (Å²) in [6.45, 7) is 4.07. The van der Waals surface area contributed by atoms with E-state index in [9.17, 15) is 4.39 Å². The molecule has 0 aliphatic heterocycles. The lowest BCUT2D eigenvalue weighted by atomic mass is 9.92. The van der Waals surface area contributed by atoms with Gasteiger partial charge < -0.3 is 4.57 Å². The molecule has 3 rings (SSSR count). The molecule has 1 saturated carbocycles. The maximum atomic E-state index is 14.3. The van der Waals surface area contributed by atoms with Crippen LogP contribution < -0.4 is 0 Å². The van der Waals surface area contributed by atoms with Crippen LogP contribution in [-0.4, -0.2) is 4.57 Å². The van der Waals surface area contributed by atoms with E-state index in [-0.39, 0.29) is 11.7 Å². The van der Waals surface area contributed by atoms with Gasteiger partial charge >= 0.3 is 0 Å². The zero-order valence-corrected chi connectivity index (χ0v) is 10.4. The molecule has 0 amide bonds. The van der Waals surface area contributed by atoms with E-state index in [1.165, 1.54) is 19.3 Å². The van der Waals surface area contributed by atoms with Crippen LogP contribution in [0.5, 0.6) is 0 Å². The molecule has 2 heteroatoms. The Kier molecular flexibility index (Phi) is 2.46. The Morgan fingerprint density at radius 2 is 2.00 bits per heavy atom. The van der Waals surface area contributed by atoms with E-state index in [0.29, 0.717) is 6.04 Å². The molecule has 1 aromatic heterocycles. The molecule has 17 heavy (non-hydrogen) atoms. The van der Waals surface area contributed by atoms with E-state index < -0.39 is 0 Å². The molecule has 0 N–H and O–H groups in total. The van der Waals surface area contributed by atoms with Crippen LogP contribution in [0.25, 0.3) is 10.9 Å². The van der Waals surface area contributed by atoms with Crippen LogP contribution in [0.4, 0.5) is 4.39 Å². The van der Waals surface area contributed by atoms with E-state index in [0.717, 1.165) is 16.5 Å². The molecule has 1 aromatic carbocycles.